The molecule has 1 heterocycles. The Labute approximate surface area is 80.9 Å². The number of ether oxygens (including phenoxy) is 2. The van der Waals surface area contributed by atoms with E-state index in [0.717, 1.165) is 5.57 Å². The lowest BCUT2D eigenvalue weighted by Gasteiger charge is -2.26. The van der Waals surface area contributed by atoms with Crippen LogP contribution in [0.5, 0.6) is 0 Å². The van der Waals surface area contributed by atoms with Gasteiger partial charge in [-0.3, -0.25) is 0 Å². The predicted molar refractivity (Wildman–Crippen MR) is 53.5 cm³/mol. The van der Waals surface area contributed by atoms with Crippen LogP contribution in [0.15, 0.2) is 12.2 Å². The zero-order valence-corrected chi connectivity index (χ0v) is 9.26. The van der Waals surface area contributed by atoms with E-state index in [0.29, 0.717) is 5.92 Å². The van der Waals surface area contributed by atoms with Gasteiger partial charge < -0.3 is 9.47 Å². The molecule has 0 aliphatic carbocycles. The standard InChI is InChI=1S/C11H20O2/c1-7(2)10-12-9(5)11(6,13-10)8(3)4/h7,9-10H,3H2,1-2,4-6H3/t9-,10-,11-/m0/s1. The van der Waals surface area contributed by atoms with Gasteiger partial charge in [-0.05, 0) is 26.3 Å². The van der Waals surface area contributed by atoms with E-state index in [2.05, 4.69) is 20.4 Å². The zero-order chi connectivity index (χ0) is 10.2. The predicted octanol–water partition coefficient (Wildman–Crippen LogP) is 2.74. The van der Waals surface area contributed by atoms with Crippen molar-refractivity contribution >= 4 is 0 Å². The van der Waals surface area contributed by atoms with Crippen LogP contribution in [-0.2, 0) is 9.47 Å². The van der Waals surface area contributed by atoms with Gasteiger partial charge in [-0.15, -0.1) is 0 Å². The second-order valence-electron chi connectivity index (χ2n) is 4.40. The highest BCUT2D eigenvalue weighted by atomic mass is 16.7. The van der Waals surface area contributed by atoms with Crippen LogP contribution in [0.1, 0.15) is 34.6 Å². The second-order valence-corrected chi connectivity index (χ2v) is 4.40. The van der Waals surface area contributed by atoms with Crippen molar-refractivity contribution in [3.8, 4) is 0 Å². The van der Waals surface area contributed by atoms with E-state index in [1.165, 1.54) is 0 Å². The van der Waals surface area contributed by atoms with Crippen molar-refractivity contribution in [3.05, 3.63) is 12.2 Å². The molecule has 1 fully saturated rings. The Morgan fingerprint density at radius 3 is 2.23 bits per heavy atom. The lowest BCUT2D eigenvalue weighted by molar-refractivity contribution is -0.104. The first kappa shape index (κ1) is 10.7. The fourth-order valence-electron chi connectivity index (χ4n) is 1.44. The molecule has 0 aromatic carbocycles. The molecule has 0 spiro atoms. The molecule has 0 amide bonds. The molecule has 0 aromatic heterocycles. The topological polar surface area (TPSA) is 18.5 Å². The SMILES string of the molecule is C=C(C)[C@]1(C)O[C@@H](C(C)C)O[C@H]1C. The maximum atomic E-state index is 5.86. The highest BCUT2D eigenvalue weighted by Crippen LogP contribution is 2.36. The molecule has 1 aliphatic rings. The summed E-state index contributed by atoms with van der Waals surface area (Å²) in [6.07, 6.45) is 0.00843. The van der Waals surface area contributed by atoms with Gasteiger partial charge in [0, 0.05) is 5.92 Å². The number of hydrogen-bond acceptors (Lipinski definition) is 2. The van der Waals surface area contributed by atoms with Crippen LogP contribution in [0.2, 0.25) is 0 Å². The maximum absolute atomic E-state index is 5.86. The highest BCUT2D eigenvalue weighted by molar-refractivity contribution is 5.13. The molecule has 0 radical (unpaired) electrons. The van der Waals surface area contributed by atoms with Gasteiger partial charge in [-0.25, -0.2) is 0 Å². The minimum absolute atomic E-state index is 0.0864. The van der Waals surface area contributed by atoms with Crippen LogP contribution in [-0.4, -0.2) is 18.0 Å². The summed E-state index contributed by atoms with van der Waals surface area (Å²) in [5.74, 6) is 0.392. The molecule has 13 heavy (non-hydrogen) atoms. The monoisotopic (exact) mass is 184 g/mol. The largest absolute Gasteiger partial charge is 0.346 e. The van der Waals surface area contributed by atoms with Crippen LogP contribution in [0.3, 0.4) is 0 Å². The van der Waals surface area contributed by atoms with E-state index >= 15 is 0 Å². The average molecular weight is 184 g/mol. The fraction of sp³-hybridized carbons (Fsp3) is 0.818. The smallest absolute Gasteiger partial charge is 0.161 e. The van der Waals surface area contributed by atoms with Gasteiger partial charge in [0.2, 0.25) is 0 Å². The van der Waals surface area contributed by atoms with Crippen LogP contribution >= 0.6 is 0 Å². The zero-order valence-electron chi connectivity index (χ0n) is 9.26. The van der Waals surface area contributed by atoms with Crippen molar-refractivity contribution in [1.29, 1.82) is 0 Å². The molecule has 1 aliphatic heterocycles. The summed E-state index contributed by atoms with van der Waals surface area (Å²) in [5.41, 5.74) is 0.720. The van der Waals surface area contributed by atoms with Crippen molar-refractivity contribution in [1.82, 2.24) is 0 Å². The Morgan fingerprint density at radius 2 is 2.00 bits per heavy atom. The van der Waals surface area contributed by atoms with Crippen molar-refractivity contribution in [3.63, 3.8) is 0 Å². The van der Waals surface area contributed by atoms with Crippen molar-refractivity contribution < 1.29 is 9.47 Å². The Kier molecular flexibility index (Phi) is 2.83. The summed E-state index contributed by atoms with van der Waals surface area (Å²) >= 11 is 0. The summed E-state index contributed by atoms with van der Waals surface area (Å²) in [6, 6.07) is 0. The first-order valence-electron chi connectivity index (χ1n) is 4.87. The molecule has 0 aromatic rings. The lowest BCUT2D eigenvalue weighted by Crippen LogP contribution is -2.35. The maximum Gasteiger partial charge on any atom is 0.161 e. The molecule has 2 nitrogen and oxygen atoms in total. The van der Waals surface area contributed by atoms with Crippen LogP contribution < -0.4 is 0 Å². The van der Waals surface area contributed by atoms with E-state index in [4.69, 9.17) is 9.47 Å². The Balaban J connectivity index is 2.76. The molecular weight excluding hydrogens is 164 g/mol. The minimum Gasteiger partial charge on any atom is -0.346 e. The molecule has 0 bridgehead atoms. The Hall–Kier alpha value is -0.340. The van der Waals surface area contributed by atoms with Crippen LogP contribution in [0.25, 0.3) is 0 Å². The third-order valence-corrected chi connectivity index (χ3v) is 2.87. The van der Waals surface area contributed by atoms with Gasteiger partial charge in [-0.2, -0.15) is 0 Å². The molecular formula is C11H20O2. The molecule has 0 N–H and O–H groups in total. The van der Waals surface area contributed by atoms with E-state index in [1.807, 2.05) is 20.8 Å². The van der Waals surface area contributed by atoms with Gasteiger partial charge >= 0.3 is 0 Å². The summed E-state index contributed by atoms with van der Waals surface area (Å²) in [4.78, 5) is 0. The van der Waals surface area contributed by atoms with Gasteiger partial charge in [0.05, 0.1) is 6.10 Å². The summed E-state index contributed by atoms with van der Waals surface area (Å²) in [7, 11) is 0. The molecule has 1 rings (SSSR count). The average Bonchev–Trinajstić information content (AvgIpc) is 2.30. The van der Waals surface area contributed by atoms with E-state index in [1.54, 1.807) is 0 Å². The van der Waals surface area contributed by atoms with E-state index in [9.17, 15) is 0 Å². The van der Waals surface area contributed by atoms with Gasteiger partial charge in [0.25, 0.3) is 0 Å². The normalized spacial score (nSPS) is 39.8. The third kappa shape index (κ3) is 1.79. The number of rotatable bonds is 2. The van der Waals surface area contributed by atoms with E-state index in [-0.39, 0.29) is 18.0 Å². The summed E-state index contributed by atoms with van der Waals surface area (Å²) < 4.78 is 11.6. The quantitative estimate of drug-likeness (QED) is 0.614. The van der Waals surface area contributed by atoms with Gasteiger partial charge in [0.15, 0.2) is 6.29 Å². The minimum atomic E-state index is -0.311. The fourth-order valence-corrected chi connectivity index (χ4v) is 1.44. The van der Waals surface area contributed by atoms with Crippen molar-refractivity contribution in [2.24, 2.45) is 5.92 Å². The van der Waals surface area contributed by atoms with Crippen LogP contribution in [0, 0.1) is 5.92 Å². The molecule has 0 unspecified atom stereocenters. The van der Waals surface area contributed by atoms with Crippen molar-refractivity contribution in [2.75, 3.05) is 0 Å². The highest BCUT2D eigenvalue weighted by Gasteiger charge is 2.45. The summed E-state index contributed by atoms with van der Waals surface area (Å²) in [6.45, 7) is 14.2. The third-order valence-electron chi connectivity index (χ3n) is 2.87. The molecule has 3 atom stereocenters. The summed E-state index contributed by atoms with van der Waals surface area (Å²) in [5, 5.41) is 0. The molecule has 1 saturated heterocycles. The van der Waals surface area contributed by atoms with Crippen LogP contribution in [0.4, 0.5) is 0 Å². The first-order chi connectivity index (χ1) is 5.88. The molecule has 2 heteroatoms. The Bertz CT molecular complexity index is 210. The molecule has 0 saturated carbocycles. The Morgan fingerprint density at radius 1 is 1.46 bits per heavy atom. The van der Waals surface area contributed by atoms with Crippen molar-refractivity contribution in [2.45, 2.75) is 52.6 Å². The van der Waals surface area contributed by atoms with Gasteiger partial charge in [-0.1, -0.05) is 20.4 Å². The second kappa shape index (κ2) is 3.43. The first-order valence-corrected chi connectivity index (χ1v) is 4.87. The number of hydrogen-bond donors (Lipinski definition) is 0. The van der Waals surface area contributed by atoms with Gasteiger partial charge in [0.1, 0.15) is 5.60 Å². The lowest BCUT2D eigenvalue weighted by atomic mass is 9.93. The molecule has 76 valence electrons. The van der Waals surface area contributed by atoms with E-state index < -0.39 is 0 Å².